The molecule has 0 saturated carbocycles. The Bertz CT molecular complexity index is 2600. The summed E-state index contributed by atoms with van der Waals surface area (Å²) in [4.78, 5) is 40.8. The molecular formula is C52H49N5O6S3. The van der Waals surface area contributed by atoms with Crippen LogP contribution in [0, 0.1) is 0 Å². The van der Waals surface area contributed by atoms with Gasteiger partial charge in [-0.1, -0.05) is 157 Å². The third-order valence-corrected chi connectivity index (χ3v) is 14.4. The minimum absolute atomic E-state index is 0.0756. The number of thioether (sulfide) groups is 1. The van der Waals surface area contributed by atoms with E-state index < -0.39 is 40.9 Å². The molecule has 2 saturated heterocycles. The molecule has 3 aliphatic rings. The van der Waals surface area contributed by atoms with E-state index >= 15 is 0 Å². The van der Waals surface area contributed by atoms with Crippen LogP contribution < -0.4 is 10.6 Å². The molecule has 4 atom stereocenters. The minimum Gasteiger partial charge on any atom is -0.469 e. The van der Waals surface area contributed by atoms with Gasteiger partial charge in [0.2, 0.25) is 5.05 Å². The number of hydrogen-bond acceptors (Lipinski definition) is 12. The van der Waals surface area contributed by atoms with Crippen LogP contribution in [-0.4, -0.2) is 74.7 Å². The van der Waals surface area contributed by atoms with E-state index in [1.54, 1.807) is 22.0 Å². The first-order valence-corrected chi connectivity index (χ1v) is 24.0. The zero-order valence-electron chi connectivity index (χ0n) is 36.8. The lowest BCUT2D eigenvalue weighted by atomic mass is 9.77. The number of amides is 2. The Labute approximate surface area is 398 Å². The lowest BCUT2D eigenvalue weighted by molar-refractivity contribution is -0.265. The van der Waals surface area contributed by atoms with Crippen LogP contribution in [0.2, 0.25) is 0 Å². The van der Waals surface area contributed by atoms with Crippen LogP contribution in [0.5, 0.6) is 0 Å². The fourth-order valence-electron chi connectivity index (χ4n) is 8.92. The van der Waals surface area contributed by atoms with Gasteiger partial charge in [0.1, 0.15) is 41.6 Å². The first-order chi connectivity index (χ1) is 32.1. The Morgan fingerprint density at radius 3 is 1.91 bits per heavy atom. The summed E-state index contributed by atoms with van der Waals surface area (Å²) in [6, 6.07) is 49.3. The monoisotopic (exact) mass is 935 g/mol. The number of carbonyl (C=O) groups is 2. The van der Waals surface area contributed by atoms with Crippen LogP contribution in [0.3, 0.4) is 0 Å². The van der Waals surface area contributed by atoms with Crippen molar-refractivity contribution in [3.8, 4) is 0 Å². The van der Waals surface area contributed by atoms with Gasteiger partial charge in [-0.2, -0.15) is 0 Å². The zero-order chi connectivity index (χ0) is 45.8. The second-order valence-corrected chi connectivity index (χ2v) is 19.2. The number of oxime groups is 1. The lowest BCUT2D eigenvalue weighted by Gasteiger charge is -2.53. The number of nitrogens with zero attached hydrogens (tertiary/aromatic N) is 3. The number of ether oxygens (including phenoxy) is 3. The summed E-state index contributed by atoms with van der Waals surface area (Å²) < 4.78 is 19.3. The molecule has 3 aliphatic heterocycles. The summed E-state index contributed by atoms with van der Waals surface area (Å²) in [7, 11) is 1.37. The molecule has 1 aromatic heterocycles. The Kier molecular flexibility index (Phi) is 13.2. The number of aromatic nitrogens is 1. The number of anilines is 1. The number of rotatable bonds is 14. The van der Waals surface area contributed by atoms with Gasteiger partial charge in [-0.3, -0.25) is 14.5 Å². The topological polar surface area (TPSA) is 124 Å². The molecular weight excluding hydrogens is 887 g/mol. The summed E-state index contributed by atoms with van der Waals surface area (Å²) in [5, 5.41) is 12.7. The van der Waals surface area contributed by atoms with E-state index in [1.807, 2.05) is 129 Å². The van der Waals surface area contributed by atoms with Crippen LogP contribution in [0.1, 0.15) is 66.8 Å². The maximum Gasteiger partial charge on any atom is 0.276 e. The normalized spacial score (nSPS) is 20.5. The van der Waals surface area contributed by atoms with Gasteiger partial charge in [0.25, 0.3) is 11.8 Å². The highest BCUT2D eigenvalue weighted by atomic mass is 32.2. The minimum atomic E-state index is -0.921. The van der Waals surface area contributed by atoms with Crippen molar-refractivity contribution in [3.63, 3.8) is 0 Å². The quantitative estimate of drug-likeness (QED) is 0.0359. The van der Waals surface area contributed by atoms with Crippen molar-refractivity contribution in [1.82, 2.24) is 15.2 Å². The van der Waals surface area contributed by atoms with Crippen LogP contribution in [-0.2, 0) is 34.2 Å². The highest BCUT2D eigenvalue weighted by Crippen LogP contribution is 2.48. The molecule has 2 amide bonds. The summed E-state index contributed by atoms with van der Waals surface area (Å²) in [6.07, 6.45) is -0.396. The fraction of sp³-hybridized carbons (Fsp3) is 0.250. The highest BCUT2D eigenvalue weighted by Gasteiger charge is 2.57. The summed E-state index contributed by atoms with van der Waals surface area (Å²) in [5.41, 5.74) is 5.49. The first-order valence-electron chi connectivity index (χ1n) is 21.8. The molecule has 14 heteroatoms. The molecule has 66 heavy (non-hydrogen) atoms. The van der Waals surface area contributed by atoms with Crippen molar-refractivity contribution in [2.45, 2.75) is 67.4 Å². The van der Waals surface area contributed by atoms with Crippen molar-refractivity contribution in [2.75, 3.05) is 19.0 Å². The van der Waals surface area contributed by atoms with Gasteiger partial charge in [0.15, 0.2) is 16.6 Å². The summed E-state index contributed by atoms with van der Waals surface area (Å²) >= 11 is 9.10. The van der Waals surface area contributed by atoms with Gasteiger partial charge < -0.3 is 29.7 Å². The van der Waals surface area contributed by atoms with Crippen molar-refractivity contribution < 1.29 is 28.6 Å². The van der Waals surface area contributed by atoms with E-state index in [9.17, 15) is 9.59 Å². The van der Waals surface area contributed by atoms with Gasteiger partial charge in [-0.05, 0) is 60.8 Å². The second-order valence-electron chi connectivity index (χ2n) is 16.5. The van der Waals surface area contributed by atoms with E-state index in [2.05, 4.69) is 59.1 Å². The Balaban J connectivity index is 1.01. The molecule has 11 nitrogen and oxygen atoms in total. The SMILES string of the molecule is CO/N=C(\C(=O)NC1C(=O)N2C(C(=S)OC(c3ccccc3)c3ccccc3)=C(C3CCOC(C)(C)O3)C(C)S[C@H]12)c1csc(NC(c2ccccc2)(c2ccccc2)c2ccccc2)n1. The van der Waals surface area contributed by atoms with E-state index in [0.717, 1.165) is 33.4 Å². The molecule has 336 valence electrons. The van der Waals surface area contributed by atoms with Crippen LogP contribution in [0.15, 0.2) is 173 Å². The largest absolute Gasteiger partial charge is 0.469 e. The molecule has 5 aromatic carbocycles. The second kappa shape index (κ2) is 19.4. The number of thiazole rings is 1. The molecule has 2 fully saturated rings. The Morgan fingerprint density at radius 2 is 1.39 bits per heavy atom. The van der Waals surface area contributed by atoms with E-state index in [-0.39, 0.29) is 27.6 Å². The maximum absolute atomic E-state index is 14.6. The number of hydrogen-bond donors (Lipinski definition) is 2. The van der Waals surface area contributed by atoms with Gasteiger partial charge in [0, 0.05) is 22.6 Å². The molecule has 9 rings (SSSR count). The first kappa shape index (κ1) is 45.0. The maximum atomic E-state index is 14.6. The van der Waals surface area contributed by atoms with E-state index in [1.165, 1.54) is 18.4 Å². The van der Waals surface area contributed by atoms with Crippen molar-refractivity contribution in [2.24, 2.45) is 5.16 Å². The fourth-order valence-corrected chi connectivity index (χ4v) is 11.5. The van der Waals surface area contributed by atoms with Crippen molar-refractivity contribution in [3.05, 3.63) is 202 Å². The predicted molar refractivity (Wildman–Crippen MR) is 263 cm³/mol. The van der Waals surface area contributed by atoms with Crippen molar-refractivity contribution >= 4 is 63.0 Å². The number of fused-ring (bicyclic) bond motifs is 1. The number of β-lactam (4-membered cyclic amide) rings is 1. The lowest BCUT2D eigenvalue weighted by Crippen LogP contribution is -2.71. The molecule has 4 heterocycles. The van der Waals surface area contributed by atoms with Gasteiger partial charge in [0.05, 0.1) is 12.7 Å². The Morgan fingerprint density at radius 1 is 0.864 bits per heavy atom. The summed E-state index contributed by atoms with van der Waals surface area (Å²) in [5.74, 6) is -1.81. The number of benzene rings is 5. The van der Waals surface area contributed by atoms with E-state index in [0.29, 0.717) is 23.9 Å². The molecule has 0 spiro atoms. The smallest absolute Gasteiger partial charge is 0.276 e. The van der Waals surface area contributed by atoms with Crippen molar-refractivity contribution in [1.29, 1.82) is 0 Å². The average molecular weight is 936 g/mol. The molecule has 0 bridgehead atoms. The van der Waals surface area contributed by atoms with E-state index in [4.69, 9.17) is 36.3 Å². The average Bonchev–Trinajstić information content (AvgIpc) is 3.81. The number of thiocarbonyl (C=S) groups is 1. The van der Waals surface area contributed by atoms with Crippen LogP contribution >= 0.6 is 35.3 Å². The molecule has 0 radical (unpaired) electrons. The van der Waals surface area contributed by atoms with Gasteiger partial charge in [-0.25, -0.2) is 4.98 Å². The summed E-state index contributed by atoms with van der Waals surface area (Å²) in [6.45, 7) is 6.30. The van der Waals surface area contributed by atoms with Gasteiger partial charge in [-0.15, -0.1) is 23.1 Å². The number of nitrogens with one attached hydrogen (secondary N) is 2. The highest BCUT2D eigenvalue weighted by molar-refractivity contribution is 8.00. The molecule has 3 unspecified atom stereocenters. The zero-order valence-corrected chi connectivity index (χ0v) is 39.3. The number of carbonyl (C=O) groups excluding carboxylic acids is 2. The third kappa shape index (κ3) is 8.91. The third-order valence-electron chi connectivity index (χ3n) is 11.9. The molecule has 6 aromatic rings. The van der Waals surface area contributed by atoms with Crippen LogP contribution in [0.25, 0.3) is 0 Å². The predicted octanol–water partition coefficient (Wildman–Crippen LogP) is 9.62. The standard InChI is InChI=1S/C52H49N5O6S3/c1-33-41(40-30-31-61-51(2,3)63-40)44(49(64)62-45(34-20-10-5-11-21-34)35-22-12-6-13-23-35)57-47(59)43(48(57)66-33)54-46(58)42(56-60-4)39-32-65-50(53-39)55-52(36-24-14-7-15-25-36,37-26-16-8-17-27-37)38-28-18-9-19-29-38/h5-29,32-33,40,43,45,48H,30-31H2,1-4H3,(H,53,55)(H,54,58)/b56-42-/t33?,40?,43?,48-/m1/s1. The van der Waals surface area contributed by atoms with Gasteiger partial charge >= 0.3 is 0 Å². The molecule has 2 N–H and O–H groups in total. The molecule has 0 aliphatic carbocycles. The van der Waals surface area contributed by atoms with Crippen LogP contribution in [0.4, 0.5) is 5.13 Å². The Hall–Kier alpha value is -6.16.